The highest BCUT2D eigenvalue weighted by Gasteiger charge is 2.41. The number of anilines is 2. The zero-order valence-electron chi connectivity index (χ0n) is 23.6. The highest BCUT2D eigenvalue weighted by molar-refractivity contribution is 6.39. The number of carbonyl (C=O) groups excluding carboxylic acids is 2. The van der Waals surface area contributed by atoms with Crippen molar-refractivity contribution in [3.05, 3.63) is 39.4 Å². The molecular formula is C28H29Cl2F5N6O4. The molecule has 2 amide bonds. The van der Waals surface area contributed by atoms with Gasteiger partial charge in [-0.2, -0.15) is 23.1 Å². The predicted octanol–water partition coefficient (Wildman–Crippen LogP) is 6.30. The Morgan fingerprint density at radius 3 is 2.53 bits per heavy atom. The van der Waals surface area contributed by atoms with Gasteiger partial charge < -0.3 is 30.4 Å². The minimum absolute atomic E-state index is 0.0104. The molecule has 1 saturated carbocycles. The molecule has 2 fully saturated rings. The van der Waals surface area contributed by atoms with Gasteiger partial charge >= 0.3 is 6.18 Å². The molecule has 1 saturated heterocycles. The fourth-order valence-electron chi connectivity index (χ4n) is 5.27. The van der Waals surface area contributed by atoms with E-state index >= 15 is 0 Å². The number of nitrogens with zero attached hydrogens (tertiary/aromatic N) is 2. The number of ether oxygens (including phenoxy) is 2. The number of hydrogen-bond acceptors (Lipinski definition) is 7. The van der Waals surface area contributed by atoms with Crippen molar-refractivity contribution in [2.45, 2.75) is 69.8 Å². The van der Waals surface area contributed by atoms with Gasteiger partial charge in [-0.1, -0.05) is 29.3 Å². The lowest BCUT2D eigenvalue weighted by Crippen LogP contribution is -2.40. The third-order valence-corrected chi connectivity index (χ3v) is 8.39. The highest BCUT2D eigenvalue weighted by atomic mass is 35.5. The first-order valence-electron chi connectivity index (χ1n) is 14.2. The Morgan fingerprint density at radius 1 is 1.11 bits per heavy atom. The van der Waals surface area contributed by atoms with E-state index in [1.165, 1.54) is 6.07 Å². The fourth-order valence-corrected chi connectivity index (χ4v) is 5.81. The number of H-pyrrole nitrogens is 1. The molecular weight excluding hydrogens is 650 g/mol. The summed E-state index contributed by atoms with van der Waals surface area (Å²) in [7, 11) is 0. The number of aromatic amines is 1. The summed E-state index contributed by atoms with van der Waals surface area (Å²) in [6.07, 6.45) is -6.30. The van der Waals surface area contributed by atoms with E-state index in [2.05, 4.69) is 30.9 Å². The van der Waals surface area contributed by atoms with E-state index < -0.39 is 49.1 Å². The fraction of sp³-hybridized carbons (Fsp3) is 0.500. The zero-order valence-corrected chi connectivity index (χ0v) is 25.1. The van der Waals surface area contributed by atoms with Gasteiger partial charge in [-0.25, -0.2) is 8.78 Å². The van der Waals surface area contributed by atoms with Gasteiger partial charge in [0.15, 0.2) is 12.3 Å². The van der Waals surface area contributed by atoms with E-state index in [9.17, 15) is 31.5 Å². The Labute approximate surface area is 263 Å². The van der Waals surface area contributed by atoms with Crippen LogP contribution in [0.1, 0.15) is 54.4 Å². The van der Waals surface area contributed by atoms with Crippen LogP contribution in [0.4, 0.5) is 33.6 Å². The molecule has 1 unspecified atom stereocenters. The minimum Gasteiger partial charge on any atom is -0.471 e. The van der Waals surface area contributed by atoms with Crippen molar-refractivity contribution in [2.75, 3.05) is 18.5 Å². The van der Waals surface area contributed by atoms with Crippen molar-refractivity contribution in [3.63, 3.8) is 0 Å². The molecule has 3 aromatic rings. The van der Waals surface area contributed by atoms with Crippen LogP contribution >= 0.6 is 23.2 Å². The molecule has 4 N–H and O–H groups in total. The molecule has 1 aliphatic heterocycles. The van der Waals surface area contributed by atoms with Crippen LogP contribution in [0.5, 0.6) is 5.88 Å². The monoisotopic (exact) mass is 678 g/mol. The Morgan fingerprint density at radius 2 is 1.87 bits per heavy atom. The number of imidazole rings is 1. The van der Waals surface area contributed by atoms with E-state index in [1.54, 1.807) is 12.1 Å². The third-order valence-electron chi connectivity index (χ3n) is 7.64. The molecule has 0 radical (unpaired) electrons. The number of amides is 2. The summed E-state index contributed by atoms with van der Waals surface area (Å²) in [4.78, 5) is 36.9. The molecule has 10 nitrogen and oxygen atoms in total. The number of carbonyl (C=O) groups is 2. The summed E-state index contributed by atoms with van der Waals surface area (Å²) in [6, 6.07) is 3.99. The van der Waals surface area contributed by atoms with Crippen LogP contribution in [0, 0.1) is 5.92 Å². The van der Waals surface area contributed by atoms with Gasteiger partial charge in [-0.15, -0.1) is 0 Å². The summed E-state index contributed by atoms with van der Waals surface area (Å²) in [5.74, 6) is -2.75. The normalized spacial score (nSPS) is 20.4. The van der Waals surface area contributed by atoms with Crippen LogP contribution < -0.4 is 20.7 Å². The number of hydrogen-bond donors (Lipinski definition) is 4. The molecule has 1 aromatic carbocycles. The molecule has 45 heavy (non-hydrogen) atoms. The summed E-state index contributed by atoms with van der Waals surface area (Å²) < 4.78 is 75.6. The van der Waals surface area contributed by atoms with Crippen molar-refractivity contribution in [1.82, 2.24) is 25.6 Å². The first-order valence-corrected chi connectivity index (χ1v) is 15.0. The zero-order chi connectivity index (χ0) is 32.3. The summed E-state index contributed by atoms with van der Waals surface area (Å²) in [6.45, 7) is -0.420. The van der Waals surface area contributed by atoms with Gasteiger partial charge in [0.05, 0.1) is 27.2 Å². The van der Waals surface area contributed by atoms with Crippen molar-refractivity contribution >= 4 is 57.8 Å². The number of pyridine rings is 1. The van der Waals surface area contributed by atoms with Gasteiger partial charge in [0.2, 0.25) is 17.7 Å². The number of nitrogens with one attached hydrogen (secondary N) is 4. The molecule has 17 heteroatoms. The quantitative estimate of drug-likeness (QED) is 0.185. The second kappa shape index (κ2) is 13.9. The Balaban J connectivity index is 1.34. The first kappa shape index (κ1) is 32.9. The predicted molar refractivity (Wildman–Crippen MR) is 155 cm³/mol. The van der Waals surface area contributed by atoms with Gasteiger partial charge in [-0.05, 0) is 56.2 Å². The average Bonchev–Trinajstić information content (AvgIpc) is 3.67. The number of rotatable bonds is 10. The smallest absolute Gasteiger partial charge is 0.391 e. The number of halogens is 7. The topological polar surface area (TPSA) is 130 Å². The van der Waals surface area contributed by atoms with Crippen molar-refractivity contribution < 1.29 is 41.0 Å². The number of fused-ring (bicyclic) bond motifs is 1. The van der Waals surface area contributed by atoms with Gasteiger partial charge in [0.25, 0.3) is 12.3 Å². The lowest BCUT2D eigenvalue weighted by Gasteiger charge is -2.30. The van der Waals surface area contributed by atoms with Crippen molar-refractivity contribution in [3.8, 4) is 5.88 Å². The number of aromatic nitrogens is 3. The van der Waals surface area contributed by atoms with Gasteiger partial charge in [-0.3, -0.25) is 9.59 Å². The van der Waals surface area contributed by atoms with E-state index in [0.717, 1.165) is 6.42 Å². The Hall–Kier alpha value is -3.43. The molecule has 1 atom stereocenters. The van der Waals surface area contributed by atoms with Crippen molar-refractivity contribution in [2.24, 2.45) is 5.92 Å². The lowest BCUT2D eigenvalue weighted by molar-refractivity contribution is -0.182. The molecule has 244 valence electrons. The van der Waals surface area contributed by atoms with E-state index in [4.69, 9.17) is 32.7 Å². The number of benzene rings is 1. The van der Waals surface area contributed by atoms with E-state index in [0.29, 0.717) is 18.6 Å². The van der Waals surface area contributed by atoms with Crippen LogP contribution in [0.3, 0.4) is 0 Å². The van der Waals surface area contributed by atoms with Crippen LogP contribution in [-0.4, -0.2) is 64.7 Å². The molecule has 0 spiro atoms. The average molecular weight is 679 g/mol. The van der Waals surface area contributed by atoms with E-state index in [-0.39, 0.29) is 76.5 Å². The van der Waals surface area contributed by atoms with E-state index in [1.807, 2.05) is 0 Å². The molecule has 2 aliphatic rings. The number of alkyl halides is 5. The van der Waals surface area contributed by atoms with Crippen LogP contribution in [0.15, 0.2) is 18.2 Å². The summed E-state index contributed by atoms with van der Waals surface area (Å²) in [5.41, 5.74) is 0.838. The molecule has 1 aliphatic carbocycles. The maximum Gasteiger partial charge on any atom is 0.391 e. The van der Waals surface area contributed by atoms with Gasteiger partial charge in [0.1, 0.15) is 11.7 Å². The minimum atomic E-state index is -4.30. The second-order valence-electron chi connectivity index (χ2n) is 10.8. The van der Waals surface area contributed by atoms with Crippen molar-refractivity contribution in [1.29, 1.82) is 0 Å². The molecule has 0 bridgehead atoms. The SMILES string of the molecule is O=C(NC1CCC(C(F)(F)F)CC1)c1cc2[nH]c(Nc3c(Cl)ccc(CNC(=O)C4CCCO4)c3Cl)nc2nc1OCC(F)F. The second-order valence-corrected chi connectivity index (χ2v) is 11.6. The van der Waals surface area contributed by atoms with Crippen LogP contribution in [0.25, 0.3) is 11.2 Å². The molecule has 3 heterocycles. The Kier molecular flexibility index (Phi) is 10.2. The lowest BCUT2D eigenvalue weighted by atomic mass is 9.85. The maximum atomic E-state index is 13.2. The molecule has 5 rings (SSSR count). The summed E-state index contributed by atoms with van der Waals surface area (Å²) in [5, 5.41) is 8.83. The van der Waals surface area contributed by atoms with Crippen LogP contribution in [0.2, 0.25) is 10.0 Å². The largest absolute Gasteiger partial charge is 0.471 e. The van der Waals surface area contributed by atoms with Crippen LogP contribution in [-0.2, 0) is 16.1 Å². The maximum absolute atomic E-state index is 13.2. The summed E-state index contributed by atoms with van der Waals surface area (Å²) >= 11 is 13.0. The Bertz CT molecular complexity index is 1540. The first-order chi connectivity index (χ1) is 21.4. The van der Waals surface area contributed by atoms with Gasteiger partial charge in [0, 0.05) is 19.2 Å². The third kappa shape index (κ3) is 8.05. The highest BCUT2D eigenvalue weighted by Crippen LogP contribution is 2.38. The molecule has 2 aromatic heterocycles. The standard InChI is InChI=1S/C28H29Cl2F5N6O4/c29-17-8-3-13(11-36-25(43)19-2-1-9-44-19)21(30)22(17)39-27-38-18-10-16(26(40-23(18)41-27)45-12-20(31)32)24(42)37-15-6-4-14(5-7-15)28(33,34)35/h3,8,10,14-15,19-20H,1-2,4-7,9,11-12H2,(H,36,43)(H,37,42)(H2,38,39,40,41).